The van der Waals surface area contributed by atoms with E-state index in [-0.39, 0.29) is 0 Å². The predicted molar refractivity (Wildman–Crippen MR) is 69.7 cm³/mol. The van der Waals surface area contributed by atoms with Crippen molar-refractivity contribution in [2.75, 3.05) is 0 Å². The molecule has 1 heterocycles. The average Bonchev–Trinajstić information content (AvgIpc) is 2.35. The van der Waals surface area contributed by atoms with Gasteiger partial charge in [0.15, 0.2) is 6.29 Å². The van der Waals surface area contributed by atoms with Gasteiger partial charge in [0.25, 0.3) is 0 Å². The third kappa shape index (κ3) is 2.94. The van der Waals surface area contributed by atoms with Crippen LogP contribution in [0.5, 0.6) is 0 Å². The summed E-state index contributed by atoms with van der Waals surface area (Å²) in [5.41, 5.74) is 3.08. The van der Waals surface area contributed by atoms with Crippen molar-refractivity contribution in [3.05, 3.63) is 53.2 Å². The molecule has 0 spiro atoms. The maximum Gasteiger partial charge on any atom is 0.151 e. The molecule has 0 saturated carbocycles. The smallest absolute Gasteiger partial charge is 0.151 e. The highest BCUT2D eigenvalue weighted by atomic mass is 32.2. The number of carbonyl (C=O) groups is 1. The van der Waals surface area contributed by atoms with E-state index >= 15 is 0 Å². The van der Waals surface area contributed by atoms with Gasteiger partial charge in [-0.15, -0.1) is 0 Å². The Morgan fingerprint density at radius 2 is 2.00 bits per heavy atom. The van der Waals surface area contributed by atoms with E-state index in [0.717, 1.165) is 11.3 Å². The molecule has 0 radical (unpaired) electrons. The van der Waals surface area contributed by atoms with Gasteiger partial charge in [0.05, 0.1) is 0 Å². The maximum absolute atomic E-state index is 10.5. The third-order valence-corrected chi connectivity index (χ3v) is 3.56. The Bertz CT molecular complexity index is 534. The van der Waals surface area contributed by atoms with E-state index in [0.29, 0.717) is 5.56 Å². The zero-order valence-electron chi connectivity index (χ0n) is 9.81. The van der Waals surface area contributed by atoms with Gasteiger partial charge < -0.3 is 0 Å². The molecule has 1 aromatic heterocycles. The summed E-state index contributed by atoms with van der Waals surface area (Å²) in [4.78, 5) is 16.0. The second-order valence-electron chi connectivity index (χ2n) is 3.92. The number of aryl methyl sites for hydroxylation is 2. The van der Waals surface area contributed by atoms with Crippen LogP contribution in [0.1, 0.15) is 21.5 Å². The first kappa shape index (κ1) is 11.9. The van der Waals surface area contributed by atoms with Crippen molar-refractivity contribution in [2.24, 2.45) is 0 Å². The molecule has 17 heavy (non-hydrogen) atoms. The van der Waals surface area contributed by atoms with Crippen molar-refractivity contribution in [1.29, 1.82) is 0 Å². The van der Waals surface area contributed by atoms with Crippen LogP contribution in [-0.2, 0) is 0 Å². The van der Waals surface area contributed by atoms with E-state index in [1.165, 1.54) is 16.0 Å². The zero-order valence-corrected chi connectivity index (χ0v) is 10.6. The first-order chi connectivity index (χ1) is 8.19. The van der Waals surface area contributed by atoms with E-state index in [1.807, 2.05) is 6.07 Å². The van der Waals surface area contributed by atoms with Gasteiger partial charge in [0.1, 0.15) is 5.03 Å². The van der Waals surface area contributed by atoms with Crippen molar-refractivity contribution in [1.82, 2.24) is 4.98 Å². The van der Waals surface area contributed by atoms with Crippen molar-refractivity contribution < 1.29 is 4.79 Å². The number of aromatic nitrogens is 1. The van der Waals surface area contributed by atoms with Gasteiger partial charge in [-0.1, -0.05) is 23.9 Å². The molecule has 2 aromatic rings. The lowest BCUT2D eigenvalue weighted by Crippen LogP contribution is -1.86. The van der Waals surface area contributed by atoms with Crippen molar-refractivity contribution in [2.45, 2.75) is 23.8 Å². The summed E-state index contributed by atoms with van der Waals surface area (Å²) in [5, 5.41) is 0.907. The fourth-order valence-corrected chi connectivity index (χ4v) is 2.39. The number of aldehydes is 1. The molecule has 0 amide bonds. The van der Waals surface area contributed by atoms with Gasteiger partial charge in [-0.2, -0.15) is 0 Å². The Hall–Kier alpha value is -1.61. The number of hydrogen-bond acceptors (Lipinski definition) is 3. The van der Waals surface area contributed by atoms with E-state index in [2.05, 4.69) is 37.0 Å². The summed E-state index contributed by atoms with van der Waals surface area (Å²) in [6.07, 6.45) is 2.40. The van der Waals surface area contributed by atoms with Crippen LogP contribution >= 0.6 is 11.8 Å². The minimum atomic E-state index is 0.607. The summed E-state index contributed by atoms with van der Waals surface area (Å²) in [6, 6.07) is 10.0. The number of pyridine rings is 1. The summed E-state index contributed by atoms with van der Waals surface area (Å²) in [6.45, 7) is 4.16. The maximum atomic E-state index is 10.5. The Balaban J connectivity index is 2.24. The molecule has 0 N–H and O–H groups in total. The van der Waals surface area contributed by atoms with E-state index in [9.17, 15) is 4.79 Å². The molecule has 0 fully saturated rings. The number of benzene rings is 1. The molecule has 0 saturated heterocycles. The van der Waals surface area contributed by atoms with Crippen LogP contribution in [0.4, 0.5) is 0 Å². The van der Waals surface area contributed by atoms with E-state index < -0.39 is 0 Å². The molecule has 0 atom stereocenters. The SMILES string of the molecule is Cc1ccc(C)c(Sc2ccc(C=O)cn2)c1. The predicted octanol–water partition coefficient (Wildman–Crippen LogP) is 3.66. The molecular formula is C14H13NOS. The average molecular weight is 243 g/mol. The Kier molecular flexibility index (Phi) is 3.59. The van der Waals surface area contributed by atoms with Crippen molar-refractivity contribution in [3.8, 4) is 0 Å². The van der Waals surface area contributed by atoms with Crippen LogP contribution in [0.25, 0.3) is 0 Å². The largest absolute Gasteiger partial charge is 0.298 e. The van der Waals surface area contributed by atoms with Gasteiger partial charge in [-0.3, -0.25) is 4.79 Å². The van der Waals surface area contributed by atoms with Crippen molar-refractivity contribution in [3.63, 3.8) is 0 Å². The topological polar surface area (TPSA) is 30.0 Å². The summed E-state index contributed by atoms with van der Waals surface area (Å²) < 4.78 is 0. The molecule has 0 aliphatic heterocycles. The van der Waals surface area contributed by atoms with Gasteiger partial charge in [-0.25, -0.2) is 4.98 Å². The standard InChI is InChI=1S/C14H13NOS/c1-10-3-4-11(2)13(7-10)17-14-6-5-12(9-16)8-15-14/h3-9H,1-2H3. The fraction of sp³-hybridized carbons (Fsp3) is 0.143. The highest BCUT2D eigenvalue weighted by Gasteiger charge is 2.02. The normalized spacial score (nSPS) is 10.2. The molecule has 2 rings (SSSR count). The van der Waals surface area contributed by atoms with Crippen LogP contribution in [0.3, 0.4) is 0 Å². The van der Waals surface area contributed by atoms with Gasteiger partial charge >= 0.3 is 0 Å². The lowest BCUT2D eigenvalue weighted by molar-refractivity contribution is 0.112. The van der Waals surface area contributed by atoms with Gasteiger partial charge in [-0.05, 0) is 43.2 Å². The van der Waals surface area contributed by atoms with Crippen LogP contribution in [-0.4, -0.2) is 11.3 Å². The van der Waals surface area contributed by atoms with E-state index in [4.69, 9.17) is 0 Å². The molecule has 3 heteroatoms. The minimum Gasteiger partial charge on any atom is -0.298 e. The van der Waals surface area contributed by atoms with E-state index in [1.54, 1.807) is 24.0 Å². The highest BCUT2D eigenvalue weighted by Crippen LogP contribution is 2.29. The lowest BCUT2D eigenvalue weighted by atomic mass is 10.2. The lowest BCUT2D eigenvalue weighted by Gasteiger charge is -2.06. The highest BCUT2D eigenvalue weighted by molar-refractivity contribution is 7.99. The first-order valence-electron chi connectivity index (χ1n) is 5.35. The molecule has 86 valence electrons. The molecule has 0 unspecified atom stereocenters. The molecule has 0 aliphatic carbocycles. The Morgan fingerprint density at radius 1 is 1.18 bits per heavy atom. The molecular weight excluding hydrogens is 230 g/mol. The van der Waals surface area contributed by atoms with Crippen molar-refractivity contribution >= 4 is 18.0 Å². The van der Waals surface area contributed by atoms with Crippen LogP contribution in [0, 0.1) is 13.8 Å². The Morgan fingerprint density at radius 3 is 2.65 bits per heavy atom. The first-order valence-corrected chi connectivity index (χ1v) is 6.17. The monoisotopic (exact) mass is 243 g/mol. The number of nitrogens with zero attached hydrogens (tertiary/aromatic N) is 1. The van der Waals surface area contributed by atoms with Crippen LogP contribution in [0.15, 0.2) is 46.5 Å². The molecule has 0 aliphatic rings. The second-order valence-corrected chi connectivity index (χ2v) is 4.98. The number of carbonyl (C=O) groups excluding carboxylic acids is 1. The van der Waals surface area contributed by atoms with Gasteiger partial charge in [0, 0.05) is 16.7 Å². The summed E-state index contributed by atoms with van der Waals surface area (Å²) >= 11 is 1.62. The number of hydrogen-bond donors (Lipinski definition) is 0. The fourth-order valence-electron chi connectivity index (χ4n) is 1.45. The molecule has 0 bridgehead atoms. The van der Waals surface area contributed by atoms with Crippen LogP contribution in [0.2, 0.25) is 0 Å². The summed E-state index contributed by atoms with van der Waals surface area (Å²) in [7, 11) is 0. The van der Waals surface area contributed by atoms with Crippen LogP contribution < -0.4 is 0 Å². The molecule has 1 aromatic carbocycles. The Labute approximate surface area is 105 Å². The second kappa shape index (κ2) is 5.15. The quantitative estimate of drug-likeness (QED) is 0.770. The number of rotatable bonds is 3. The zero-order chi connectivity index (χ0) is 12.3. The summed E-state index contributed by atoms with van der Waals surface area (Å²) in [5.74, 6) is 0. The third-order valence-electron chi connectivity index (χ3n) is 2.45. The molecule has 2 nitrogen and oxygen atoms in total. The van der Waals surface area contributed by atoms with Gasteiger partial charge in [0.2, 0.25) is 0 Å². The minimum absolute atomic E-state index is 0.607.